The van der Waals surface area contributed by atoms with Crippen LogP contribution in [0, 0.1) is 24.7 Å². The van der Waals surface area contributed by atoms with Gasteiger partial charge in [-0.15, -0.1) is 0 Å². The van der Waals surface area contributed by atoms with Gasteiger partial charge in [0.05, 0.1) is 4.90 Å². The number of nitrogens with one attached hydrogen (secondary N) is 1. The molecule has 148 valence electrons. The first-order chi connectivity index (χ1) is 13.0. The molecule has 1 aromatic rings. The molecule has 0 spiro atoms. The van der Waals surface area contributed by atoms with Crippen molar-refractivity contribution in [1.82, 2.24) is 4.31 Å². The molecule has 1 saturated heterocycles. The Morgan fingerprint density at radius 3 is 2.26 bits per heavy atom. The number of carbonyl (C=O) groups is 1. The van der Waals surface area contributed by atoms with Gasteiger partial charge in [0.2, 0.25) is 15.9 Å². The number of sulfonamides is 1. The lowest BCUT2D eigenvalue weighted by Crippen LogP contribution is -2.32. The normalized spacial score (nSPS) is 28.9. The Hall–Kier alpha value is -1.40. The van der Waals surface area contributed by atoms with Crippen LogP contribution in [-0.4, -0.2) is 31.7 Å². The van der Waals surface area contributed by atoms with E-state index >= 15 is 0 Å². The van der Waals surface area contributed by atoms with Crippen LogP contribution in [0.3, 0.4) is 0 Å². The number of nitrogens with zero attached hydrogens (tertiary/aromatic N) is 1. The van der Waals surface area contributed by atoms with Crippen LogP contribution in [0.5, 0.6) is 0 Å². The Morgan fingerprint density at radius 2 is 1.63 bits per heavy atom. The standard InChI is InChI=1S/C21H30N2O3S/c1-15-10-11-16(22-21(24)20-17-8-4-5-9-18(17)20)14-19(15)27(25,26)23-12-6-2-3-7-13-23/h10-11,14,17-18,20H,2-9,12-13H2,1H3,(H,22,24)/t17-,18-/m1/s1. The molecule has 4 rings (SSSR count). The quantitative estimate of drug-likeness (QED) is 0.847. The fourth-order valence-corrected chi connectivity index (χ4v) is 6.75. The second-order valence-corrected chi connectivity index (χ2v) is 10.3. The number of carbonyl (C=O) groups excluding carboxylic acids is 1. The third-order valence-corrected chi connectivity index (χ3v) is 8.64. The van der Waals surface area contributed by atoms with E-state index in [9.17, 15) is 13.2 Å². The molecule has 1 N–H and O–H groups in total. The van der Waals surface area contributed by atoms with E-state index in [0.717, 1.165) is 44.1 Å². The maximum atomic E-state index is 13.2. The number of rotatable bonds is 4. The lowest BCUT2D eigenvalue weighted by Gasteiger charge is -2.21. The van der Waals surface area contributed by atoms with Crippen LogP contribution in [0.15, 0.2) is 23.1 Å². The number of hydrogen-bond donors (Lipinski definition) is 1. The molecule has 3 fully saturated rings. The maximum absolute atomic E-state index is 13.2. The van der Waals surface area contributed by atoms with Crippen molar-refractivity contribution in [1.29, 1.82) is 0 Å². The van der Waals surface area contributed by atoms with E-state index in [1.165, 1.54) is 12.8 Å². The SMILES string of the molecule is Cc1ccc(NC(=O)C2[C@@H]3CCCC[C@@H]23)cc1S(=O)(=O)N1CCCCCC1. The van der Waals surface area contributed by atoms with Crippen LogP contribution >= 0.6 is 0 Å². The van der Waals surface area contributed by atoms with Gasteiger partial charge in [0, 0.05) is 24.7 Å². The monoisotopic (exact) mass is 390 g/mol. The van der Waals surface area contributed by atoms with Gasteiger partial charge >= 0.3 is 0 Å². The molecule has 1 heterocycles. The summed E-state index contributed by atoms with van der Waals surface area (Å²) in [5, 5.41) is 2.99. The van der Waals surface area contributed by atoms with Crippen molar-refractivity contribution < 1.29 is 13.2 Å². The topological polar surface area (TPSA) is 66.5 Å². The first kappa shape index (κ1) is 18.9. The summed E-state index contributed by atoms with van der Waals surface area (Å²) in [5.41, 5.74) is 1.33. The highest BCUT2D eigenvalue weighted by atomic mass is 32.2. The van der Waals surface area contributed by atoms with Crippen molar-refractivity contribution in [2.45, 2.75) is 63.2 Å². The highest BCUT2D eigenvalue weighted by Gasteiger charge is 2.54. The Labute approximate surface area is 162 Å². The lowest BCUT2D eigenvalue weighted by atomic mass is 10.0. The predicted molar refractivity (Wildman–Crippen MR) is 106 cm³/mol. The van der Waals surface area contributed by atoms with Crippen LogP contribution in [0.4, 0.5) is 5.69 Å². The highest BCUT2D eigenvalue weighted by molar-refractivity contribution is 7.89. The second kappa shape index (κ2) is 7.55. The van der Waals surface area contributed by atoms with Gasteiger partial charge in [-0.2, -0.15) is 4.31 Å². The van der Waals surface area contributed by atoms with E-state index in [0.29, 0.717) is 35.5 Å². The van der Waals surface area contributed by atoms with Gasteiger partial charge in [-0.05, 0) is 62.1 Å². The fraction of sp³-hybridized carbons (Fsp3) is 0.667. The minimum absolute atomic E-state index is 0.0638. The second-order valence-electron chi connectivity index (χ2n) is 8.43. The molecule has 0 radical (unpaired) electrons. The van der Waals surface area contributed by atoms with Crippen molar-refractivity contribution in [3.8, 4) is 0 Å². The summed E-state index contributed by atoms with van der Waals surface area (Å²) in [5.74, 6) is 1.28. The first-order valence-corrected chi connectivity index (χ1v) is 11.8. The van der Waals surface area contributed by atoms with Gasteiger partial charge in [0.15, 0.2) is 0 Å². The van der Waals surface area contributed by atoms with E-state index in [4.69, 9.17) is 0 Å². The summed E-state index contributed by atoms with van der Waals surface area (Å²) in [4.78, 5) is 13.0. The molecule has 27 heavy (non-hydrogen) atoms. The third kappa shape index (κ3) is 3.79. The Kier molecular flexibility index (Phi) is 5.30. The molecular weight excluding hydrogens is 360 g/mol. The molecule has 3 aliphatic rings. The molecule has 6 heteroatoms. The molecule has 2 atom stereocenters. The molecule has 0 bridgehead atoms. The number of benzene rings is 1. The summed E-state index contributed by atoms with van der Waals surface area (Å²) < 4.78 is 27.9. The maximum Gasteiger partial charge on any atom is 0.243 e. The number of amides is 1. The molecule has 2 saturated carbocycles. The Morgan fingerprint density at radius 1 is 1.00 bits per heavy atom. The van der Waals surface area contributed by atoms with Crippen molar-refractivity contribution >= 4 is 21.6 Å². The molecule has 1 aromatic carbocycles. The predicted octanol–water partition coefficient (Wildman–Crippen LogP) is 3.93. The van der Waals surface area contributed by atoms with E-state index < -0.39 is 10.0 Å². The zero-order valence-corrected chi connectivity index (χ0v) is 16.9. The fourth-order valence-electron chi connectivity index (χ4n) is 4.98. The molecule has 2 aliphatic carbocycles. The van der Waals surface area contributed by atoms with Crippen LogP contribution in [0.25, 0.3) is 0 Å². The van der Waals surface area contributed by atoms with Gasteiger partial charge in [-0.1, -0.05) is 31.7 Å². The molecule has 5 nitrogen and oxygen atoms in total. The first-order valence-electron chi connectivity index (χ1n) is 10.4. The summed E-state index contributed by atoms with van der Waals surface area (Å²) in [6, 6.07) is 5.28. The summed E-state index contributed by atoms with van der Waals surface area (Å²) in [6.45, 7) is 3.00. The van der Waals surface area contributed by atoms with E-state index in [2.05, 4.69) is 5.32 Å². The average molecular weight is 391 g/mol. The zero-order chi connectivity index (χ0) is 19.0. The zero-order valence-electron chi connectivity index (χ0n) is 16.1. The van der Waals surface area contributed by atoms with Crippen LogP contribution in [0.1, 0.15) is 56.9 Å². The largest absolute Gasteiger partial charge is 0.326 e. The summed E-state index contributed by atoms with van der Waals surface area (Å²) in [6.07, 6.45) is 8.78. The third-order valence-electron chi connectivity index (χ3n) is 6.60. The van der Waals surface area contributed by atoms with Gasteiger partial charge in [-0.3, -0.25) is 4.79 Å². The van der Waals surface area contributed by atoms with E-state index in [1.807, 2.05) is 13.0 Å². The smallest absolute Gasteiger partial charge is 0.243 e. The Balaban J connectivity index is 1.52. The lowest BCUT2D eigenvalue weighted by molar-refractivity contribution is -0.117. The summed E-state index contributed by atoms with van der Waals surface area (Å²) in [7, 11) is -3.52. The van der Waals surface area contributed by atoms with E-state index in [-0.39, 0.29) is 11.8 Å². The minimum atomic E-state index is -3.52. The van der Waals surface area contributed by atoms with Gasteiger partial charge in [0.25, 0.3) is 0 Å². The van der Waals surface area contributed by atoms with E-state index in [1.54, 1.807) is 16.4 Å². The number of anilines is 1. The van der Waals surface area contributed by atoms with Crippen LogP contribution in [-0.2, 0) is 14.8 Å². The van der Waals surface area contributed by atoms with Crippen molar-refractivity contribution in [2.75, 3.05) is 18.4 Å². The molecule has 1 amide bonds. The summed E-state index contributed by atoms with van der Waals surface area (Å²) >= 11 is 0. The van der Waals surface area contributed by atoms with Crippen LogP contribution < -0.4 is 5.32 Å². The number of aryl methyl sites for hydroxylation is 1. The van der Waals surface area contributed by atoms with Gasteiger partial charge in [-0.25, -0.2) is 8.42 Å². The van der Waals surface area contributed by atoms with Gasteiger partial charge < -0.3 is 5.32 Å². The molecule has 0 unspecified atom stereocenters. The number of hydrogen-bond acceptors (Lipinski definition) is 3. The number of fused-ring (bicyclic) bond motifs is 1. The molecule has 0 aromatic heterocycles. The highest BCUT2D eigenvalue weighted by Crippen LogP contribution is 2.55. The van der Waals surface area contributed by atoms with Crippen LogP contribution in [0.2, 0.25) is 0 Å². The van der Waals surface area contributed by atoms with Crippen molar-refractivity contribution in [3.05, 3.63) is 23.8 Å². The van der Waals surface area contributed by atoms with Gasteiger partial charge in [0.1, 0.15) is 0 Å². The van der Waals surface area contributed by atoms with Crippen molar-refractivity contribution in [2.24, 2.45) is 17.8 Å². The minimum Gasteiger partial charge on any atom is -0.326 e. The Bertz CT molecular complexity index is 801. The molecular formula is C21H30N2O3S. The van der Waals surface area contributed by atoms with Crippen molar-refractivity contribution in [3.63, 3.8) is 0 Å². The molecule has 1 aliphatic heterocycles. The average Bonchev–Trinajstić information content (AvgIpc) is 3.42.